The van der Waals surface area contributed by atoms with E-state index in [1.54, 1.807) is 45.0 Å². The molecule has 1 aromatic rings. The number of nitrogens with one attached hydrogen (secondary N) is 2. The third kappa shape index (κ3) is 5.35. The lowest BCUT2D eigenvalue weighted by Crippen LogP contribution is -2.39. The Hall–Kier alpha value is -1.60. The van der Waals surface area contributed by atoms with Crippen LogP contribution in [0.5, 0.6) is 0 Å². The zero-order valence-corrected chi connectivity index (χ0v) is 13.6. The highest BCUT2D eigenvalue weighted by Crippen LogP contribution is 2.23. The van der Waals surface area contributed by atoms with Crippen molar-refractivity contribution in [2.24, 2.45) is 11.7 Å². The minimum atomic E-state index is -3.37. The van der Waals surface area contributed by atoms with Gasteiger partial charge in [0.1, 0.15) is 0 Å². The molecule has 4 N–H and O–H groups in total. The number of sulfonamides is 1. The van der Waals surface area contributed by atoms with Crippen LogP contribution < -0.4 is 15.8 Å². The van der Waals surface area contributed by atoms with Crippen molar-refractivity contribution in [3.63, 3.8) is 0 Å². The summed E-state index contributed by atoms with van der Waals surface area (Å²) in [6.07, 6.45) is 1.09. The van der Waals surface area contributed by atoms with Crippen LogP contribution in [0.4, 0.5) is 5.69 Å². The van der Waals surface area contributed by atoms with E-state index in [0.717, 1.165) is 6.26 Å². The zero-order valence-electron chi connectivity index (χ0n) is 12.8. The molecule has 0 saturated carbocycles. The first kappa shape index (κ1) is 17.5. The van der Waals surface area contributed by atoms with Crippen molar-refractivity contribution < 1.29 is 13.2 Å². The van der Waals surface area contributed by atoms with E-state index in [1.807, 2.05) is 0 Å². The molecular weight excluding hydrogens is 290 g/mol. The molecule has 6 nitrogen and oxygen atoms in total. The van der Waals surface area contributed by atoms with Crippen LogP contribution in [0.3, 0.4) is 0 Å². The molecule has 0 aliphatic rings. The van der Waals surface area contributed by atoms with E-state index < -0.39 is 10.0 Å². The molecule has 0 saturated heterocycles. The van der Waals surface area contributed by atoms with Crippen LogP contribution in [0, 0.1) is 5.92 Å². The largest absolute Gasteiger partial charge is 0.349 e. The average molecular weight is 313 g/mol. The van der Waals surface area contributed by atoms with E-state index in [2.05, 4.69) is 10.0 Å². The lowest BCUT2D eigenvalue weighted by Gasteiger charge is -2.22. The maximum absolute atomic E-state index is 12.0. The summed E-state index contributed by atoms with van der Waals surface area (Å²) in [4.78, 5) is 12.0. The minimum absolute atomic E-state index is 0.161. The molecule has 1 aromatic carbocycles. The number of carbonyl (C=O) groups excluding carboxylic acids is 1. The Balaban J connectivity index is 2.93. The smallest absolute Gasteiger partial charge is 0.229 e. The van der Waals surface area contributed by atoms with Crippen LogP contribution in [0.25, 0.3) is 0 Å². The first-order chi connectivity index (χ1) is 9.61. The fourth-order valence-corrected chi connectivity index (χ4v) is 2.41. The van der Waals surface area contributed by atoms with Crippen molar-refractivity contribution in [1.82, 2.24) is 5.32 Å². The third-order valence-electron chi connectivity index (χ3n) is 3.28. The van der Waals surface area contributed by atoms with Crippen LogP contribution in [-0.4, -0.2) is 26.6 Å². The van der Waals surface area contributed by atoms with Gasteiger partial charge in [-0.05, 0) is 25.5 Å². The Morgan fingerprint density at radius 2 is 1.76 bits per heavy atom. The van der Waals surface area contributed by atoms with Gasteiger partial charge in [0.15, 0.2) is 0 Å². The normalized spacial score (nSPS) is 15.9. The van der Waals surface area contributed by atoms with Crippen LogP contribution in [-0.2, 0) is 14.8 Å². The predicted octanol–water partition coefficient (Wildman–Crippen LogP) is 1.22. The Kier molecular flexibility index (Phi) is 5.74. The van der Waals surface area contributed by atoms with Gasteiger partial charge in [-0.2, -0.15) is 0 Å². The highest BCUT2D eigenvalue weighted by Gasteiger charge is 2.20. The van der Waals surface area contributed by atoms with Gasteiger partial charge in [0, 0.05) is 12.0 Å². The molecule has 0 radical (unpaired) electrons. The summed E-state index contributed by atoms with van der Waals surface area (Å²) in [6.45, 7) is 5.33. The second-order valence-corrected chi connectivity index (χ2v) is 7.09. The maximum Gasteiger partial charge on any atom is 0.229 e. The van der Waals surface area contributed by atoms with Crippen molar-refractivity contribution in [3.8, 4) is 0 Å². The van der Waals surface area contributed by atoms with Crippen molar-refractivity contribution in [2.75, 3.05) is 11.0 Å². The molecule has 0 aliphatic carbocycles. The van der Waals surface area contributed by atoms with Crippen LogP contribution in [0.2, 0.25) is 0 Å². The summed E-state index contributed by atoms with van der Waals surface area (Å²) in [7, 11) is -3.37. The Bertz CT molecular complexity index is 599. The molecule has 21 heavy (non-hydrogen) atoms. The number of carbonyl (C=O) groups is 1. The van der Waals surface area contributed by atoms with E-state index in [-0.39, 0.29) is 23.9 Å². The molecule has 3 unspecified atom stereocenters. The summed E-state index contributed by atoms with van der Waals surface area (Å²) < 4.78 is 25.2. The molecule has 7 heteroatoms. The number of para-hydroxylation sites is 1. The Morgan fingerprint density at radius 3 is 2.29 bits per heavy atom. The number of rotatable bonds is 6. The molecule has 1 rings (SSSR count). The summed E-state index contributed by atoms with van der Waals surface area (Å²) in [5.41, 5.74) is 6.87. The zero-order chi connectivity index (χ0) is 16.2. The Morgan fingerprint density at radius 1 is 1.19 bits per heavy atom. The second kappa shape index (κ2) is 6.91. The molecule has 0 spiro atoms. The monoisotopic (exact) mass is 313 g/mol. The maximum atomic E-state index is 12.0. The van der Waals surface area contributed by atoms with Crippen LogP contribution in [0.1, 0.15) is 32.4 Å². The van der Waals surface area contributed by atoms with E-state index in [9.17, 15) is 13.2 Å². The number of hydrogen-bond acceptors (Lipinski definition) is 4. The highest BCUT2D eigenvalue weighted by atomic mass is 32.2. The quantitative estimate of drug-likeness (QED) is 0.735. The van der Waals surface area contributed by atoms with Gasteiger partial charge in [0.05, 0.1) is 18.0 Å². The van der Waals surface area contributed by atoms with E-state index >= 15 is 0 Å². The van der Waals surface area contributed by atoms with Crippen LogP contribution in [0.15, 0.2) is 24.3 Å². The lowest BCUT2D eigenvalue weighted by atomic mass is 10.0. The fourth-order valence-electron chi connectivity index (χ4n) is 1.83. The first-order valence-electron chi connectivity index (χ1n) is 6.74. The van der Waals surface area contributed by atoms with E-state index in [1.165, 1.54) is 0 Å². The summed E-state index contributed by atoms with van der Waals surface area (Å²) in [5.74, 6) is -0.478. The molecule has 0 fully saturated rings. The van der Waals surface area contributed by atoms with Crippen molar-refractivity contribution in [3.05, 3.63) is 29.8 Å². The minimum Gasteiger partial charge on any atom is -0.349 e. The van der Waals surface area contributed by atoms with Gasteiger partial charge in [-0.15, -0.1) is 0 Å². The topological polar surface area (TPSA) is 101 Å². The Labute approximate surface area is 126 Å². The van der Waals surface area contributed by atoms with Gasteiger partial charge in [-0.3, -0.25) is 9.52 Å². The van der Waals surface area contributed by atoms with Crippen LogP contribution >= 0.6 is 0 Å². The molecule has 0 aromatic heterocycles. The van der Waals surface area contributed by atoms with Crippen molar-refractivity contribution in [2.45, 2.75) is 32.9 Å². The molecule has 0 bridgehead atoms. The predicted molar refractivity (Wildman–Crippen MR) is 84.3 cm³/mol. The van der Waals surface area contributed by atoms with Crippen molar-refractivity contribution in [1.29, 1.82) is 0 Å². The third-order valence-corrected chi connectivity index (χ3v) is 3.87. The number of amides is 1. The number of hydrogen-bond donors (Lipinski definition) is 3. The summed E-state index contributed by atoms with van der Waals surface area (Å²) in [5, 5.41) is 2.85. The van der Waals surface area contributed by atoms with Gasteiger partial charge in [0.2, 0.25) is 15.9 Å². The number of nitrogens with two attached hydrogens (primary N) is 1. The fraction of sp³-hybridized carbons (Fsp3) is 0.500. The summed E-state index contributed by atoms with van der Waals surface area (Å²) in [6, 6.07) is 6.38. The SMILES string of the molecule is CC(NC(=O)C(C)C(C)N)c1ccccc1NS(C)(=O)=O. The first-order valence-corrected chi connectivity index (χ1v) is 8.63. The van der Waals surface area contributed by atoms with Gasteiger partial charge in [-0.25, -0.2) is 8.42 Å². The molecular formula is C14H23N3O3S. The van der Waals surface area contributed by atoms with Gasteiger partial charge in [-0.1, -0.05) is 25.1 Å². The number of anilines is 1. The average Bonchev–Trinajstić information content (AvgIpc) is 2.36. The summed E-state index contributed by atoms with van der Waals surface area (Å²) >= 11 is 0. The highest BCUT2D eigenvalue weighted by molar-refractivity contribution is 7.92. The van der Waals surface area contributed by atoms with Gasteiger partial charge in [0.25, 0.3) is 0 Å². The lowest BCUT2D eigenvalue weighted by molar-refractivity contribution is -0.125. The number of benzene rings is 1. The molecule has 1 amide bonds. The van der Waals surface area contributed by atoms with E-state index in [0.29, 0.717) is 11.3 Å². The van der Waals surface area contributed by atoms with Crippen molar-refractivity contribution >= 4 is 21.6 Å². The molecule has 0 aliphatic heterocycles. The standard InChI is InChI=1S/C14H23N3O3S/c1-9(10(2)15)14(18)16-11(3)12-7-5-6-8-13(12)17-21(4,19)20/h5-11,17H,15H2,1-4H3,(H,16,18). The van der Waals surface area contributed by atoms with Gasteiger partial charge < -0.3 is 11.1 Å². The molecule has 0 heterocycles. The van der Waals surface area contributed by atoms with Gasteiger partial charge >= 0.3 is 0 Å². The second-order valence-electron chi connectivity index (χ2n) is 5.34. The molecule has 3 atom stereocenters. The van der Waals surface area contributed by atoms with E-state index in [4.69, 9.17) is 5.73 Å². The molecule has 118 valence electrons.